The van der Waals surface area contributed by atoms with Gasteiger partial charge in [0.1, 0.15) is 0 Å². The first kappa shape index (κ1) is 14.0. The molecule has 0 rings (SSSR count). The van der Waals surface area contributed by atoms with Crippen molar-refractivity contribution in [1.82, 2.24) is 0 Å². The molecule has 0 saturated heterocycles. The van der Waals surface area contributed by atoms with E-state index < -0.39 is 0 Å². The van der Waals surface area contributed by atoms with Gasteiger partial charge in [-0.05, 0) is 22.7 Å². The number of hydrogen-bond donors (Lipinski definition) is 0. The summed E-state index contributed by atoms with van der Waals surface area (Å²) in [7, 11) is 0. The van der Waals surface area contributed by atoms with Gasteiger partial charge in [-0.3, -0.25) is 0 Å². The molecule has 0 aromatic rings. The lowest BCUT2D eigenvalue weighted by atomic mass is 9.53. The summed E-state index contributed by atoms with van der Waals surface area (Å²) in [4.78, 5) is 0. The van der Waals surface area contributed by atoms with E-state index in [1.165, 1.54) is 12.8 Å². The topological polar surface area (TPSA) is 0 Å². The molecule has 0 radical (unpaired) electrons. The molecule has 0 aliphatic carbocycles. The van der Waals surface area contributed by atoms with E-state index in [0.717, 1.165) is 11.8 Å². The van der Waals surface area contributed by atoms with Crippen molar-refractivity contribution in [2.45, 2.75) is 68.2 Å². The van der Waals surface area contributed by atoms with Crippen LogP contribution in [0.3, 0.4) is 0 Å². The summed E-state index contributed by atoms with van der Waals surface area (Å²) in [6.07, 6.45) is 2.58. The molecule has 0 nitrogen and oxygen atoms in total. The molecule has 0 aliphatic rings. The van der Waals surface area contributed by atoms with Crippen molar-refractivity contribution in [3.63, 3.8) is 0 Å². The van der Waals surface area contributed by atoms with Crippen molar-refractivity contribution in [2.24, 2.45) is 22.7 Å². The fourth-order valence-corrected chi connectivity index (χ4v) is 3.07. The lowest BCUT2D eigenvalue weighted by Crippen LogP contribution is -2.45. The average Bonchev–Trinajstić information content (AvgIpc) is 2.14. The van der Waals surface area contributed by atoms with Crippen LogP contribution < -0.4 is 0 Å². The standard InChI is InChI=1S/C14H30/c1-9-13(7,10-2)14(8,11(3)4)12(5)6/h11-12H,9-10H2,1-8H3. The van der Waals surface area contributed by atoms with Crippen molar-refractivity contribution in [2.75, 3.05) is 0 Å². The van der Waals surface area contributed by atoms with E-state index >= 15 is 0 Å². The maximum Gasteiger partial charge on any atom is -0.0226 e. The van der Waals surface area contributed by atoms with Crippen LogP contribution in [0.15, 0.2) is 0 Å². The molecule has 0 bridgehead atoms. The third-order valence-corrected chi connectivity index (χ3v) is 5.26. The van der Waals surface area contributed by atoms with E-state index in [0.29, 0.717) is 10.8 Å². The monoisotopic (exact) mass is 198 g/mol. The third kappa shape index (κ3) is 1.99. The van der Waals surface area contributed by atoms with Crippen molar-refractivity contribution in [3.05, 3.63) is 0 Å². The van der Waals surface area contributed by atoms with Gasteiger partial charge < -0.3 is 0 Å². The van der Waals surface area contributed by atoms with Gasteiger partial charge in [-0.25, -0.2) is 0 Å². The molecular formula is C14H30. The predicted octanol–water partition coefficient (Wildman–Crippen LogP) is 5.13. The van der Waals surface area contributed by atoms with Gasteiger partial charge in [0, 0.05) is 0 Å². The molecule has 0 aromatic heterocycles. The van der Waals surface area contributed by atoms with Crippen molar-refractivity contribution >= 4 is 0 Å². The van der Waals surface area contributed by atoms with Crippen molar-refractivity contribution in [1.29, 1.82) is 0 Å². The van der Waals surface area contributed by atoms with Gasteiger partial charge in [-0.15, -0.1) is 0 Å². The van der Waals surface area contributed by atoms with Gasteiger partial charge in [0.15, 0.2) is 0 Å². The van der Waals surface area contributed by atoms with Crippen LogP contribution in [0.25, 0.3) is 0 Å². The SMILES string of the molecule is CCC(C)(CC)C(C)(C(C)C)C(C)C. The van der Waals surface area contributed by atoms with E-state index in [4.69, 9.17) is 0 Å². The van der Waals surface area contributed by atoms with Crippen molar-refractivity contribution < 1.29 is 0 Å². The predicted molar refractivity (Wildman–Crippen MR) is 66.5 cm³/mol. The molecule has 0 saturated carbocycles. The first-order valence-electron chi connectivity index (χ1n) is 6.26. The summed E-state index contributed by atoms with van der Waals surface area (Å²) >= 11 is 0. The molecular weight excluding hydrogens is 168 g/mol. The van der Waals surface area contributed by atoms with Gasteiger partial charge in [0.25, 0.3) is 0 Å². The second-order valence-electron chi connectivity index (χ2n) is 5.86. The zero-order chi connectivity index (χ0) is 11.6. The largest absolute Gasteiger partial charge is 0.0648 e. The molecule has 86 valence electrons. The number of rotatable bonds is 5. The molecule has 0 atom stereocenters. The van der Waals surface area contributed by atoms with Crippen LogP contribution in [0.2, 0.25) is 0 Å². The molecule has 0 N–H and O–H groups in total. The highest BCUT2D eigenvalue weighted by atomic mass is 14.5. The maximum atomic E-state index is 2.48. The van der Waals surface area contributed by atoms with Crippen LogP contribution >= 0.6 is 0 Å². The van der Waals surface area contributed by atoms with E-state index in [-0.39, 0.29) is 0 Å². The van der Waals surface area contributed by atoms with Crippen molar-refractivity contribution in [3.8, 4) is 0 Å². The minimum atomic E-state index is 0.455. The van der Waals surface area contributed by atoms with Crippen LogP contribution in [0.4, 0.5) is 0 Å². The zero-order valence-corrected chi connectivity index (χ0v) is 11.6. The highest BCUT2D eigenvalue weighted by Gasteiger charge is 2.45. The smallest absolute Gasteiger partial charge is 0.0226 e. The molecule has 0 aromatic carbocycles. The van der Waals surface area contributed by atoms with Gasteiger partial charge in [0.05, 0.1) is 0 Å². The lowest BCUT2D eigenvalue weighted by Gasteiger charge is -2.52. The zero-order valence-electron chi connectivity index (χ0n) is 11.6. The Morgan fingerprint density at radius 3 is 1.14 bits per heavy atom. The van der Waals surface area contributed by atoms with Gasteiger partial charge in [-0.1, -0.05) is 68.2 Å². The highest BCUT2D eigenvalue weighted by Crippen LogP contribution is 2.53. The molecule has 0 fully saturated rings. The first-order chi connectivity index (χ1) is 6.26. The summed E-state index contributed by atoms with van der Waals surface area (Å²) < 4.78 is 0. The fourth-order valence-electron chi connectivity index (χ4n) is 3.07. The Bertz CT molecular complexity index is 153. The molecule has 0 unspecified atom stereocenters. The van der Waals surface area contributed by atoms with Crippen LogP contribution in [0, 0.1) is 22.7 Å². The van der Waals surface area contributed by atoms with Gasteiger partial charge in [0.2, 0.25) is 0 Å². The summed E-state index contributed by atoms with van der Waals surface area (Å²) in [6.45, 7) is 19.1. The summed E-state index contributed by atoms with van der Waals surface area (Å²) in [5, 5.41) is 0. The maximum absolute atomic E-state index is 2.48. The quantitative estimate of drug-likeness (QED) is 0.574. The van der Waals surface area contributed by atoms with E-state index in [9.17, 15) is 0 Å². The molecule has 0 heterocycles. The average molecular weight is 198 g/mol. The summed E-state index contributed by atoms with van der Waals surface area (Å²) in [6, 6.07) is 0. The minimum absolute atomic E-state index is 0.455. The highest BCUT2D eigenvalue weighted by molar-refractivity contribution is 4.94. The Balaban J connectivity index is 5.18. The molecule has 0 aliphatic heterocycles. The normalized spacial score (nSPS) is 14.1. The summed E-state index contributed by atoms with van der Waals surface area (Å²) in [5.41, 5.74) is 0.936. The minimum Gasteiger partial charge on any atom is -0.0648 e. The Morgan fingerprint density at radius 2 is 1.07 bits per heavy atom. The fraction of sp³-hybridized carbons (Fsp3) is 1.00. The van der Waals surface area contributed by atoms with Crippen LogP contribution in [-0.2, 0) is 0 Å². The lowest BCUT2D eigenvalue weighted by molar-refractivity contribution is -0.0313. The van der Waals surface area contributed by atoms with Crippen LogP contribution in [0.5, 0.6) is 0 Å². The second kappa shape index (κ2) is 4.68. The Labute approximate surface area is 91.5 Å². The van der Waals surface area contributed by atoms with E-state index in [1.54, 1.807) is 0 Å². The first-order valence-corrected chi connectivity index (χ1v) is 6.26. The molecule has 0 spiro atoms. The number of hydrogen-bond acceptors (Lipinski definition) is 0. The van der Waals surface area contributed by atoms with E-state index in [1.807, 2.05) is 0 Å². The van der Waals surface area contributed by atoms with Crippen LogP contribution in [0.1, 0.15) is 68.2 Å². The third-order valence-electron chi connectivity index (χ3n) is 5.26. The Morgan fingerprint density at radius 1 is 0.786 bits per heavy atom. The molecule has 14 heavy (non-hydrogen) atoms. The van der Waals surface area contributed by atoms with E-state index in [2.05, 4.69) is 55.4 Å². The summed E-state index contributed by atoms with van der Waals surface area (Å²) in [5.74, 6) is 1.51. The van der Waals surface area contributed by atoms with Gasteiger partial charge >= 0.3 is 0 Å². The molecule has 0 amide bonds. The van der Waals surface area contributed by atoms with Crippen LogP contribution in [-0.4, -0.2) is 0 Å². The Hall–Kier alpha value is 0. The van der Waals surface area contributed by atoms with Gasteiger partial charge in [-0.2, -0.15) is 0 Å². The molecule has 0 heteroatoms. The second-order valence-corrected chi connectivity index (χ2v) is 5.86. The Kier molecular flexibility index (Phi) is 4.68.